The maximum Gasteiger partial charge on any atom is 0.419 e. The average Bonchev–Trinajstić information content (AvgIpc) is 2.06. The predicted octanol–water partition coefficient (Wildman–Crippen LogP) is 3.07. The Kier molecular flexibility index (Phi) is 3.16. The van der Waals surface area contributed by atoms with E-state index < -0.39 is 17.6 Å². The van der Waals surface area contributed by atoms with E-state index >= 15 is 0 Å². The molecule has 0 aliphatic rings. The first kappa shape index (κ1) is 11.5. The minimum atomic E-state index is -4.70. The van der Waals surface area contributed by atoms with Crippen LogP contribution in [0.1, 0.15) is 11.1 Å². The molecule has 0 saturated heterocycles. The molecule has 0 heterocycles. The fraction of sp³-hybridized carbons (Fsp3) is 0.250. The highest BCUT2D eigenvalue weighted by molar-refractivity contribution is 9.10. The second-order valence-corrected chi connectivity index (χ2v) is 3.54. The lowest BCUT2D eigenvalue weighted by atomic mass is 10.1. The highest BCUT2D eigenvalue weighted by Crippen LogP contribution is 2.34. The molecule has 1 aromatic rings. The van der Waals surface area contributed by atoms with Gasteiger partial charge in [0.15, 0.2) is 0 Å². The molecule has 0 unspecified atom stereocenters. The molecule has 0 amide bonds. The Morgan fingerprint density at radius 3 is 2.29 bits per heavy atom. The topological polar surface area (TPSA) is 26.0 Å². The average molecular weight is 272 g/mol. The molecule has 1 nitrogen and oxygen atoms in total. The van der Waals surface area contributed by atoms with Gasteiger partial charge in [-0.2, -0.15) is 13.2 Å². The Hall–Kier alpha value is -0.620. The molecule has 78 valence electrons. The standard InChI is InChI=1S/C8H6BrF4N/c9-5-1-4(3-14)7(10)6(2-5)8(11,12)13/h1-2H,3,14H2. The Balaban J connectivity index is 3.37. The molecule has 0 atom stereocenters. The van der Waals surface area contributed by atoms with Crippen LogP contribution in [0.2, 0.25) is 0 Å². The van der Waals surface area contributed by atoms with Gasteiger partial charge in [0, 0.05) is 16.6 Å². The summed E-state index contributed by atoms with van der Waals surface area (Å²) in [6.07, 6.45) is -4.70. The third-order valence-corrected chi connectivity index (χ3v) is 2.10. The summed E-state index contributed by atoms with van der Waals surface area (Å²) in [6, 6.07) is 1.92. The van der Waals surface area contributed by atoms with E-state index in [9.17, 15) is 17.6 Å². The van der Waals surface area contributed by atoms with Gasteiger partial charge in [-0.1, -0.05) is 15.9 Å². The van der Waals surface area contributed by atoms with Gasteiger partial charge in [0.2, 0.25) is 0 Å². The van der Waals surface area contributed by atoms with E-state index in [1.54, 1.807) is 0 Å². The monoisotopic (exact) mass is 271 g/mol. The lowest BCUT2D eigenvalue weighted by molar-refractivity contribution is -0.140. The summed E-state index contributed by atoms with van der Waals surface area (Å²) < 4.78 is 50.0. The zero-order valence-corrected chi connectivity index (χ0v) is 8.41. The van der Waals surface area contributed by atoms with Gasteiger partial charge < -0.3 is 5.73 Å². The zero-order chi connectivity index (χ0) is 10.9. The maximum absolute atomic E-state index is 13.1. The zero-order valence-electron chi connectivity index (χ0n) is 6.83. The molecule has 2 N–H and O–H groups in total. The van der Waals surface area contributed by atoms with E-state index in [1.807, 2.05) is 0 Å². The van der Waals surface area contributed by atoms with Crippen LogP contribution in [-0.4, -0.2) is 0 Å². The van der Waals surface area contributed by atoms with Crippen LogP contribution in [-0.2, 0) is 12.7 Å². The van der Waals surface area contributed by atoms with Crippen LogP contribution in [0.5, 0.6) is 0 Å². The van der Waals surface area contributed by atoms with Crippen LogP contribution < -0.4 is 5.73 Å². The van der Waals surface area contributed by atoms with Crippen molar-refractivity contribution in [1.82, 2.24) is 0 Å². The third-order valence-electron chi connectivity index (χ3n) is 1.64. The van der Waals surface area contributed by atoms with Crippen molar-refractivity contribution < 1.29 is 17.6 Å². The first-order valence-electron chi connectivity index (χ1n) is 3.61. The minimum Gasteiger partial charge on any atom is -0.326 e. The van der Waals surface area contributed by atoms with Crippen LogP contribution in [0, 0.1) is 5.82 Å². The van der Waals surface area contributed by atoms with Gasteiger partial charge in [-0.3, -0.25) is 0 Å². The maximum atomic E-state index is 13.1. The van der Waals surface area contributed by atoms with Gasteiger partial charge in [-0.15, -0.1) is 0 Å². The minimum absolute atomic E-state index is 0.159. The molecule has 0 bridgehead atoms. The molecule has 0 aromatic heterocycles. The fourth-order valence-electron chi connectivity index (χ4n) is 1.00. The number of hydrogen-bond donors (Lipinski definition) is 1. The van der Waals surface area contributed by atoms with Crippen molar-refractivity contribution in [2.24, 2.45) is 5.73 Å². The van der Waals surface area contributed by atoms with Crippen molar-refractivity contribution in [1.29, 1.82) is 0 Å². The lowest BCUT2D eigenvalue weighted by Crippen LogP contribution is -2.11. The smallest absolute Gasteiger partial charge is 0.326 e. The highest BCUT2D eigenvalue weighted by atomic mass is 79.9. The number of hydrogen-bond acceptors (Lipinski definition) is 1. The molecule has 1 rings (SSSR count). The Morgan fingerprint density at radius 2 is 1.86 bits per heavy atom. The van der Waals surface area contributed by atoms with E-state index in [4.69, 9.17) is 5.73 Å². The molecular weight excluding hydrogens is 266 g/mol. The van der Waals surface area contributed by atoms with Crippen LogP contribution >= 0.6 is 15.9 Å². The molecule has 0 aliphatic heterocycles. The predicted molar refractivity (Wildman–Crippen MR) is 47.0 cm³/mol. The largest absolute Gasteiger partial charge is 0.419 e. The van der Waals surface area contributed by atoms with Gasteiger partial charge in [0.05, 0.1) is 5.56 Å². The molecule has 0 aliphatic carbocycles. The number of alkyl halides is 3. The van der Waals surface area contributed by atoms with Crippen molar-refractivity contribution >= 4 is 15.9 Å². The number of halogens is 5. The third kappa shape index (κ3) is 2.24. The summed E-state index contributed by atoms with van der Waals surface area (Å²) in [5, 5.41) is 0. The molecular formula is C8H6BrF4N. The SMILES string of the molecule is NCc1cc(Br)cc(C(F)(F)F)c1F. The quantitative estimate of drug-likeness (QED) is 0.781. The highest BCUT2D eigenvalue weighted by Gasteiger charge is 2.35. The van der Waals surface area contributed by atoms with Crippen LogP contribution in [0.3, 0.4) is 0 Å². The van der Waals surface area contributed by atoms with Crippen molar-refractivity contribution in [3.63, 3.8) is 0 Å². The lowest BCUT2D eigenvalue weighted by Gasteiger charge is -2.11. The van der Waals surface area contributed by atoms with Crippen molar-refractivity contribution in [2.75, 3.05) is 0 Å². The van der Waals surface area contributed by atoms with Crippen LogP contribution in [0.25, 0.3) is 0 Å². The van der Waals surface area contributed by atoms with Crippen LogP contribution in [0.4, 0.5) is 17.6 Å². The summed E-state index contributed by atoms with van der Waals surface area (Å²) in [5.74, 6) is -1.30. The van der Waals surface area contributed by atoms with Gasteiger partial charge in [0.1, 0.15) is 5.82 Å². The summed E-state index contributed by atoms with van der Waals surface area (Å²) in [5.41, 5.74) is 3.64. The van der Waals surface area contributed by atoms with E-state index in [-0.39, 0.29) is 16.6 Å². The van der Waals surface area contributed by atoms with E-state index in [2.05, 4.69) is 15.9 Å². The van der Waals surface area contributed by atoms with Crippen molar-refractivity contribution in [3.8, 4) is 0 Å². The molecule has 0 spiro atoms. The normalized spacial score (nSPS) is 11.9. The molecule has 0 radical (unpaired) electrons. The second kappa shape index (κ2) is 3.86. The number of rotatable bonds is 1. The summed E-state index contributed by atoms with van der Waals surface area (Å²) in [6.45, 7) is -0.269. The molecule has 6 heteroatoms. The van der Waals surface area contributed by atoms with E-state index in [0.29, 0.717) is 6.07 Å². The second-order valence-electron chi connectivity index (χ2n) is 2.63. The summed E-state index contributed by atoms with van der Waals surface area (Å²) in [7, 11) is 0. The fourth-order valence-corrected chi connectivity index (χ4v) is 1.51. The van der Waals surface area contributed by atoms with Gasteiger partial charge in [-0.05, 0) is 12.1 Å². The Bertz CT molecular complexity index is 348. The summed E-state index contributed by atoms with van der Waals surface area (Å²) >= 11 is 2.86. The number of nitrogens with two attached hydrogens (primary N) is 1. The van der Waals surface area contributed by atoms with Crippen molar-refractivity contribution in [2.45, 2.75) is 12.7 Å². The first-order valence-corrected chi connectivity index (χ1v) is 4.40. The number of benzene rings is 1. The Labute approximate surface area is 86.0 Å². The van der Waals surface area contributed by atoms with Gasteiger partial charge >= 0.3 is 6.18 Å². The Morgan fingerprint density at radius 1 is 1.29 bits per heavy atom. The molecule has 0 saturated carbocycles. The molecule has 14 heavy (non-hydrogen) atoms. The van der Waals surface area contributed by atoms with Gasteiger partial charge in [0.25, 0.3) is 0 Å². The van der Waals surface area contributed by atoms with E-state index in [1.165, 1.54) is 6.07 Å². The van der Waals surface area contributed by atoms with E-state index in [0.717, 1.165) is 0 Å². The first-order chi connectivity index (χ1) is 6.36. The van der Waals surface area contributed by atoms with Crippen molar-refractivity contribution in [3.05, 3.63) is 33.5 Å². The molecule has 0 fully saturated rings. The van der Waals surface area contributed by atoms with Gasteiger partial charge in [-0.25, -0.2) is 4.39 Å². The summed E-state index contributed by atoms with van der Waals surface area (Å²) in [4.78, 5) is 0. The molecule has 1 aromatic carbocycles. The van der Waals surface area contributed by atoms with Crippen LogP contribution in [0.15, 0.2) is 16.6 Å².